The van der Waals surface area contributed by atoms with Crippen molar-refractivity contribution in [3.63, 3.8) is 0 Å². The Balaban J connectivity index is 2.19. The summed E-state index contributed by atoms with van der Waals surface area (Å²) in [6, 6.07) is 5.98. The van der Waals surface area contributed by atoms with Crippen LogP contribution in [0.1, 0.15) is 16.1 Å². The van der Waals surface area contributed by atoms with Gasteiger partial charge in [0.1, 0.15) is 10.7 Å². The molecule has 1 aromatic carbocycles. The number of thiazole rings is 1. The summed E-state index contributed by atoms with van der Waals surface area (Å²) in [7, 11) is 0. The minimum absolute atomic E-state index is 0.00535. The summed E-state index contributed by atoms with van der Waals surface area (Å²) >= 11 is 1.45. The van der Waals surface area contributed by atoms with Crippen LogP contribution in [0.4, 0.5) is 0 Å². The normalized spacial score (nSPS) is 10.9. The van der Waals surface area contributed by atoms with Gasteiger partial charge in [-0.05, 0) is 24.6 Å². The number of fused-ring (bicyclic) bond motifs is 1. The lowest BCUT2D eigenvalue weighted by Gasteiger charge is -1.92. The Hall–Kier alpha value is -2.21. The number of carbonyl (C=O) groups is 1. The maximum absolute atomic E-state index is 11.0. The number of nitrogens with zero attached hydrogens (tertiary/aromatic N) is 2. The van der Waals surface area contributed by atoms with Crippen LogP contribution in [0.3, 0.4) is 0 Å². The van der Waals surface area contributed by atoms with Crippen molar-refractivity contribution < 1.29 is 9.90 Å². The van der Waals surface area contributed by atoms with Gasteiger partial charge in [-0.1, -0.05) is 6.07 Å². The highest BCUT2D eigenvalue weighted by Gasteiger charge is 2.17. The van der Waals surface area contributed by atoms with Crippen molar-refractivity contribution in [3.8, 4) is 10.7 Å². The van der Waals surface area contributed by atoms with Crippen molar-refractivity contribution in [1.82, 2.24) is 15.0 Å². The Morgan fingerprint density at radius 1 is 1.44 bits per heavy atom. The number of nitrogens with one attached hydrogen (secondary N) is 1. The van der Waals surface area contributed by atoms with E-state index >= 15 is 0 Å². The molecule has 2 N–H and O–H groups in total. The Labute approximate surface area is 106 Å². The SMILES string of the molecule is Cc1ccc2sc(-c3[nH]cnc3C(=O)O)nc2c1. The van der Waals surface area contributed by atoms with E-state index in [4.69, 9.17) is 5.11 Å². The first-order valence-electron chi connectivity index (χ1n) is 5.29. The van der Waals surface area contributed by atoms with E-state index in [1.54, 1.807) is 0 Å². The molecule has 5 nitrogen and oxygen atoms in total. The molecule has 0 bridgehead atoms. The Morgan fingerprint density at radius 3 is 3.06 bits per heavy atom. The second-order valence-corrected chi connectivity index (χ2v) is 4.95. The van der Waals surface area contributed by atoms with Crippen LogP contribution in [0.2, 0.25) is 0 Å². The fourth-order valence-electron chi connectivity index (χ4n) is 1.76. The second kappa shape index (κ2) is 3.92. The molecule has 0 spiro atoms. The van der Waals surface area contributed by atoms with Crippen LogP contribution in [0, 0.1) is 6.92 Å². The number of benzene rings is 1. The number of H-pyrrole nitrogens is 1. The van der Waals surface area contributed by atoms with Crippen molar-refractivity contribution >= 4 is 27.5 Å². The molecule has 0 saturated heterocycles. The van der Waals surface area contributed by atoms with E-state index < -0.39 is 5.97 Å². The first-order valence-corrected chi connectivity index (χ1v) is 6.11. The number of aromatic nitrogens is 3. The molecule has 0 aliphatic heterocycles. The zero-order chi connectivity index (χ0) is 12.7. The summed E-state index contributed by atoms with van der Waals surface area (Å²) in [4.78, 5) is 22.1. The minimum Gasteiger partial charge on any atom is -0.476 e. The molecule has 6 heteroatoms. The fraction of sp³-hybridized carbons (Fsp3) is 0.0833. The third-order valence-corrected chi connectivity index (χ3v) is 3.65. The van der Waals surface area contributed by atoms with Crippen LogP contribution >= 0.6 is 11.3 Å². The zero-order valence-electron chi connectivity index (χ0n) is 9.47. The molecular weight excluding hydrogens is 250 g/mol. The van der Waals surface area contributed by atoms with Gasteiger partial charge in [0.25, 0.3) is 0 Å². The molecule has 3 rings (SSSR count). The molecule has 3 aromatic rings. The van der Waals surface area contributed by atoms with Crippen molar-refractivity contribution in [3.05, 3.63) is 35.8 Å². The molecule has 0 aliphatic carbocycles. The van der Waals surface area contributed by atoms with E-state index in [-0.39, 0.29) is 5.69 Å². The molecule has 2 aromatic heterocycles. The van der Waals surface area contributed by atoms with Crippen molar-refractivity contribution in [2.45, 2.75) is 6.92 Å². The van der Waals surface area contributed by atoms with E-state index in [9.17, 15) is 4.79 Å². The Morgan fingerprint density at radius 2 is 2.28 bits per heavy atom. The highest BCUT2D eigenvalue weighted by Crippen LogP contribution is 2.30. The number of carboxylic acid groups (broad SMARTS) is 1. The lowest BCUT2D eigenvalue weighted by molar-refractivity contribution is 0.0692. The van der Waals surface area contributed by atoms with Crippen LogP contribution in [0.25, 0.3) is 20.9 Å². The molecular formula is C12H9N3O2S. The Bertz CT molecular complexity index is 745. The molecule has 0 atom stereocenters. The predicted octanol–water partition coefficient (Wildman–Crippen LogP) is 2.69. The summed E-state index contributed by atoms with van der Waals surface area (Å²) in [5.41, 5.74) is 2.47. The highest BCUT2D eigenvalue weighted by molar-refractivity contribution is 7.21. The van der Waals surface area contributed by atoms with Gasteiger partial charge in [-0.25, -0.2) is 14.8 Å². The predicted molar refractivity (Wildman–Crippen MR) is 68.9 cm³/mol. The van der Waals surface area contributed by atoms with E-state index in [1.807, 2.05) is 25.1 Å². The average Bonchev–Trinajstić information content (AvgIpc) is 2.93. The molecule has 0 unspecified atom stereocenters. The van der Waals surface area contributed by atoms with Gasteiger partial charge in [0, 0.05) is 0 Å². The topological polar surface area (TPSA) is 78.9 Å². The summed E-state index contributed by atoms with van der Waals surface area (Å²) in [5, 5.41) is 9.67. The summed E-state index contributed by atoms with van der Waals surface area (Å²) in [6.45, 7) is 2.00. The lowest BCUT2D eigenvalue weighted by Crippen LogP contribution is -1.98. The van der Waals surface area contributed by atoms with Crippen LogP contribution in [0.15, 0.2) is 24.5 Å². The van der Waals surface area contributed by atoms with Gasteiger partial charge in [0.15, 0.2) is 5.69 Å². The average molecular weight is 259 g/mol. The smallest absolute Gasteiger partial charge is 0.356 e. The van der Waals surface area contributed by atoms with E-state index in [0.29, 0.717) is 10.7 Å². The largest absolute Gasteiger partial charge is 0.476 e. The number of aromatic amines is 1. The molecule has 0 saturated carbocycles. The van der Waals surface area contributed by atoms with Crippen LogP contribution in [-0.4, -0.2) is 26.0 Å². The van der Waals surface area contributed by atoms with Gasteiger partial charge in [0.2, 0.25) is 0 Å². The maximum Gasteiger partial charge on any atom is 0.356 e. The molecule has 0 radical (unpaired) electrons. The molecule has 0 fully saturated rings. The van der Waals surface area contributed by atoms with Gasteiger partial charge in [-0.3, -0.25) is 0 Å². The van der Waals surface area contributed by atoms with Crippen molar-refractivity contribution in [1.29, 1.82) is 0 Å². The number of rotatable bonds is 2. The number of carboxylic acids is 1. The quantitative estimate of drug-likeness (QED) is 0.741. The van der Waals surface area contributed by atoms with Gasteiger partial charge in [-0.15, -0.1) is 11.3 Å². The molecule has 90 valence electrons. The second-order valence-electron chi connectivity index (χ2n) is 3.92. The first-order chi connectivity index (χ1) is 8.65. The lowest BCUT2D eigenvalue weighted by atomic mass is 10.2. The minimum atomic E-state index is -1.05. The number of aryl methyl sites for hydroxylation is 1. The highest BCUT2D eigenvalue weighted by atomic mass is 32.1. The fourth-order valence-corrected chi connectivity index (χ4v) is 2.72. The van der Waals surface area contributed by atoms with Gasteiger partial charge in [0.05, 0.1) is 16.5 Å². The van der Waals surface area contributed by atoms with E-state index in [0.717, 1.165) is 15.8 Å². The first kappa shape index (κ1) is 10.9. The van der Waals surface area contributed by atoms with Gasteiger partial charge >= 0.3 is 5.97 Å². The Kier molecular flexibility index (Phi) is 2.38. The van der Waals surface area contributed by atoms with Crippen LogP contribution in [-0.2, 0) is 0 Å². The molecule has 0 aliphatic rings. The monoisotopic (exact) mass is 259 g/mol. The van der Waals surface area contributed by atoms with Crippen molar-refractivity contribution in [2.24, 2.45) is 0 Å². The summed E-state index contributed by atoms with van der Waals surface area (Å²) in [5.74, 6) is -1.05. The number of hydrogen-bond donors (Lipinski definition) is 2. The molecule has 2 heterocycles. The van der Waals surface area contributed by atoms with Gasteiger partial charge < -0.3 is 10.1 Å². The van der Waals surface area contributed by atoms with E-state index in [1.165, 1.54) is 17.7 Å². The van der Waals surface area contributed by atoms with Crippen LogP contribution < -0.4 is 0 Å². The standard InChI is InChI=1S/C12H9N3O2S/c1-6-2-3-8-7(4-6)15-11(18-8)9-10(12(16)17)14-5-13-9/h2-5H,1H3,(H,13,14)(H,16,17). The van der Waals surface area contributed by atoms with Crippen LogP contribution in [0.5, 0.6) is 0 Å². The van der Waals surface area contributed by atoms with Gasteiger partial charge in [-0.2, -0.15) is 0 Å². The molecule has 0 amide bonds. The third kappa shape index (κ3) is 1.67. The summed E-state index contributed by atoms with van der Waals surface area (Å²) < 4.78 is 1.03. The maximum atomic E-state index is 11.0. The van der Waals surface area contributed by atoms with E-state index in [2.05, 4.69) is 15.0 Å². The third-order valence-electron chi connectivity index (χ3n) is 2.60. The number of hydrogen-bond acceptors (Lipinski definition) is 4. The van der Waals surface area contributed by atoms with Crippen molar-refractivity contribution in [2.75, 3.05) is 0 Å². The summed E-state index contributed by atoms with van der Waals surface area (Å²) in [6.07, 6.45) is 1.37. The molecule has 18 heavy (non-hydrogen) atoms. The zero-order valence-corrected chi connectivity index (χ0v) is 10.3. The number of aromatic carboxylic acids is 1. The number of imidazole rings is 1.